The zero-order valence-corrected chi connectivity index (χ0v) is 11.5. The Kier molecular flexibility index (Phi) is 4.00. The van der Waals surface area contributed by atoms with Gasteiger partial charge in [-0.05, 0) is 36.8 Å². The van der Waals surface area contributed by atoms with Gasteiger partial charge in [-0.15, -0.1) is 0 Å². The van der Waals surface area contributed by atoms with E-state index in [-0.39, 0.29) is 11.7 Å². The summed E-state index contributed by atoms with van der Waals surface area (Å²) in [5.74, 6) is 0.764. The van der Waals surface area contributed by atoms with Gasteiger partial charge in [0.2, 0.25) is 0 Å². The molecule has 2 nitrogen and oxygen atoms in total. The van der Waals surface area contributed by atoms with Crippen LogP contribution in [0.25, 0.3) is 0 Å². The molecule has 19 heavy (non-hydrogen) atoms. The lowest BCUT2D eigenvalue weighted by Gasteiger charge is -2.11. The van der Waals surface area contributed by atoms with Crippen LogP contribution >= 0.6 is 0 Å². The summed E-state index contributed by atoms with van der Waals surface area (Å²) in [6.45, 7) is 3.98. The van der Waals surface area contributed by atoms with Crippen LogP contribution in [0.1, 0.15) is 34.3 Å². The average molecular weight is 254 g/mol. The number of carbonyl (C=O) groups is 1. The standard InChI is InChI=1S/C17H18O2/c1-12-4-6-14(7-5-12)13(2)17(18)15-8-10-16(19-3)11-9-15/h4-11,13H,1-3H3. The first-order chi connectivity index (χ1) is 9.11. The minimum atomic E-state index is -0.131. The van der Waals surface area contributed by atoms with Crippen molar-refractivity contribution in [2.75, 3.05) is 7.11 Å². The third-order valence-corrected chi connectivity index (χ3v) is 3.35. The van der Waals surface area contributed by atoms with Crippen molar-refractivity contribution in [2.24, 2.45) is 0 Å². The van der Waals surface area contributed by atoms with Gasteiger partial charge >= 0.3 is 0 Å². The third kappa shape index (κ3) is 3.02. The van der Waals surface area contributed by atoms with E-state index in [0.717, 1.165) is 11.3 Å². The number of hydrogen-bond donors (Lipinski definition) is 0. The van der Waals surface area contributed by atoms with Crippen molar-refractivity contribution in [3.8, 4) is 5.75 Å². The summed E-state index contributed by atoms with van der Waals surface area (Å²) in [6.07, 6.45) is 0. The summed E-state index contributed by atoms with van der Waals surface area (Å²) < 4.78 is 5.10. The fourth-order valence-corrected chi connectivity index (χ4v) is 2.01. The third-order valence-electron chi connectivity index (χ3n) is 3.35. The van der Waals surface area contributed by atoms with Gasteiger partial charge in [0, 0.05) is 11.5 Å². The second-order valence-corrected chi connectivity index (χ2v) is 4.73. The molecule has 2 aromatic rings. The predicted octanol–water partition coefficient (Wildman–Crippen LogP) is 3.99. The number of ether oxygens (including phenoxy) is 1. The maximum atomic E-state index is 12.4. The minimum absolute atomic E-state index is 0.131. The smallest absolute Gasteiger partial charge is 0.170 e. The fourth-order valence-electron chi connectivity index (χ4n) is 2.01. The fraction of sp³-hybridized carbons (Fsp3) is 0.235. The largest absolute Gasteiger partial charge is 0.497 e. The summed E-state index contributed by atoms with van der Waals surface area (Å²) in [7, 11) is 1.62. The molecule has 0 spiro atoms. The van der Waals surface area contributed by atoms with Crippen LogP contribution < -0.4 is 4.74 Å². The maximum Gasteiger partial charge on any atom is 0.170 e. The summed E-state index contributed by atoms with van der Waals surface area (Å²) in [5.41, 5.74) is 2.97. The van der Waals surface area contributed by atoms with Crippen LogP contribution in [0.2, 0.25) is 0 Å². The summed E-state index contributed by atoms with van der Waals surface area (Å²) >= 11 is 0. The van der Waals surface area contributed by atoms with Crippen molar-refractivity contribution in [1.82, 2.24) is 0 Å². The normalized spacial score (nSPS) is 11.9. The van der Waals surface area contributed by atoms with E-state index in [4.69, 9.17) is 4.74 Å². The molecule has 0 amide bonds. The van der Waals surface area contributed by atoms with Crippen molar-refractivity contribution < 1.29 is 9.53 Å². The molecule has 0 aliphatic rings. The molecule has 2 aromatic carbocycles. The molecule has 1 unspecified atom stereocenters. The summed E-state index contributed by atoms with van der Waals surface area (Å²) in [6, 6.07) is 15.4. The molecule has 0 fully saturated rings. The molecule has 0 aromatic heterocycles. The van der Waals surface area contributed by atoms with Gasteiger partial charge in [0.25, 0.3) is 0 Å². The number of ketones is 1. The molecule has 1 atom stereocenters. The first-order valence-corrected chi connectivity index (χ1v) is 6.36. The van der Waals surface area contributed by atoms with E-state index < -0.39 is 0 Å². The van der Waals surface area contributed by atoms with Gasteiger partial charge in [-0.1, -0.05) is 36.8 Å². The molecule has 0 saturated carbocycles. The maximum absolute atomic E-state index is 12.4. The molecular weight excluding hydrogens is 236 g/mol. The number of methoxy groups -OCH3 is 1. The van der Waals surface area contributed by atoms with Gasteiger partial charge in [-0.2, -0.15) is 0 Å². The number of rotatable bonds is 4. The van der Waals surface area contributed by atoms with E-state index in [2.05, 4.69) is 0 Å². The zero-order chi connectivity index (χ0) is 13.8. The lowest BCUT2D eigenvalue weighted by molar-refractivity contribution is 0.0966. The van der Waals surface area contributed by atoms with Gasteiger partial charge in [0.05, 0.1) is 7.11 Å². The molecular formula is C17H18O2. The molecule has 0 radical (unpaired) electrons. The van der Waals surface area contributed by atoms with Crippen molar-refractivity contribution in [3.63, 3.8) is 0 Å². The van der Waals surface area contributed by atoms with Gasteiger partial charge in [-0.25, -0.2) is 0 Å². The Balaban J connectivity index is 2.20. The topological polar surface area (TPSA) is 26.3 Å². The van der Waals surface area contributed by atoms with E-state index in [1.807, 2.05) is 62.4 Å². The van der Waals surface area contributed by atoms with E-state index >= 15 is 0 Å². The lowest BCUT2D eigenvalue weighted by atomic mass is 9.92. The van der Waals surface area contributed by atoms with Gasteiger partial charge in [0.15, 0.2) is 5.78 Å². The Bertz CT molecular complexity index is 553. The van der Waals surface area contributed by atoms with Crippen molar-refractivity contribution in [2.45, 2.75) is 19.8 Å². The highest BCUT2D eigenvalue weighted by Crippen LogP contribution is 2.22. The number of benzene rings is 2. The number of Topliss-reactive ketones (excluding diaryl/α,β-unsaturated/α-hetero) is 1. The van der Waals surface area contributed by atoms with Crippen LogP contribution in [0.15, 0.2) is 48.5 Å². The number of carbonyl (C=O) groups excluding carboxylic acids is 1. The van der Waals surface area contributed by atoms with E-state index in [0.29, 0.717) is 5.56 Å². The predicted molar refractivity (Wildman–Crippen MR) is 76.9 cm³/mol. The van der Waals surface area contributed by atoms with Crippen LogP contribution in [0.3, 0.4) is 0 Å². The van der Waals surface area contributed by atoms with E-state index in [9.17, 15) is 4.79 Å². The van der Waals surface area contributed by atoms with Crippen LogP contribution in [0.4, 0.5) is 0 Å². The zero-order valence-electron chi connectivity index (χ0n) is 11.5. The second kappa shape index (κ2) is 5.70. The highest BCUT2D eigenvalue weighted by molar-refractivity contribution is 6.00. The molecule has 0 N–H and O–H groups in total. The summed E-state index contributed by atoms with van der Waals surface area (Å²) in [4.78, 5) is 12.4. The van der Waals surface area contributed by atoms with Gasteiger partial charge < -0.3 is 4.74 Å². The highest BCUT2D eigenvalue weighted by atomic mass is 16.5. The quantitative estimate of drug-likeness (QED) is 0.771. The number of hydrogen-bond acceptors (Lipinski definition) is 2. The second-order valence-electron chi connectivity index (χ2n) is 4.73. The van der Waals surface area contributed by atoms with Crippen LogP contribution in [-0.4, -0.2) is 12.9 Å². The van der Waals surface area contributed by atoms with E-state index in [1.165, 1.54) is 5.56 Å². The molecule has 0 aliphatic carbocycles. The average Bonchev–Trinajstić information content (AvgIpc) is 2.46. The molecule has 2 heteroatoms. The monoisotopic (exact) mass is 254 g/mol. The summed E-state index contributed by atoms with van der Waals surface area (Å²) in [5, 5.41) is 0. The SMILES string of the molecule is COc1ccc(C(=O)C(C)c2ccc(C)cc2)cc1. The van der Waals surface area contributed by atoms with Crippen molar-refractivity contribution in [3.05, 3.63) is 65.2 Å². The Morgan fingerprint density at radius 1 is 1.00 bits per heavy atom. The van der Waals surface area contributed by atoms with Gasteiger partial charge in [-0.3, -0.25) is 4.79 Å². The van der Waals surface area contributed by atoms with E-state index in [1.54, 1.807) is 7.11 Å². The number of aryl methyl sites for hydroxylation is 1. The van der Waals surface area contributed by atoms with Crippen molar-refractivity contribution >= 4 is 5.78 Å². The van der Waals surface area contributed by atoms with Gasteiger partial charge in [0.1, 0.15) is 5.75 Å². The Hall–Kier alpha value is -2.09. The van der Waals surface area contributed by atoms with Crippen LogP contribution in [-0.2, 0) is 0 Å². The minimum Gasteiger partial charge on any atom is -0.497 e. The molecule has 0 saturated heterocycles. The Labute approximate surface area is 114 Å². The highest BCUT2D eigenvalue weighted by Gasteiger charge is 2.16. The first kappa shape index (κ1) is 13.3. The molecule has 98 valence electrons. The van der Waals surface area contributed by atoms with Crippen LogP contribution in [0.5, 0.6) is 5.75 Å². The molecule has 0 aliphatic heterocycles. The molecule has 2 rings (SSSR count). The Morgan fingerprint density at radius 3 is 2.11 bits per heavy atom. The Morgan fingerprint density at radius 2 is 1.58 bits per heavy atom. The molecule has 0 bridgehead atoms. The lowest BCUT2D eigenvalue weighted by Crippen LogP contribution is -2.09. The molecule has 0 heterocycles. The van der Waals surface area contributed by atoms with Crippen molar-refractivity contribution in [1.29, 1.82) is 0 Å². The first-order valence-electron chi connectivity index (χ1n) is 6.36. The van der Waals surface area contributed by atoms with Crippen LogP contribution in [0, 0.1) is 6.92 Å².